The molecule has 0 spiro atoms. The van der Waals surface area contributed by atoms with Gasteiger partial charge in [0, 0.05) is 11.7 Å². The van der Waals surface area contributed by atoms with E-state index in [0.717, 1.165) is 17.5 Å². The van der Waals surface area contributed by atoms with E-state index in [1.807, 2.05) is 6.07 Å². The van der Waals surface area contributed by atoms with Gasteiger partial charge in [0.25, 0.3) is 0 Å². The zero-order valence-corrected chi connectivity index (χ0v) is 12.5. The maximum atomic E-state index is 13.9. The van der Waals surface area contributed by atoms with E-state index in [4.69, 9.17) is 18.0 Å². The van der Waals surface area contributed by atoms with E-state index in [2.05, 4.69) is 12.2 Å². The Morgan fingerprint density at radius 1 is 1.40 bits per heavy atom. The number of benzene rings is 1. The van der Waals surface area contributed by atoms with Gasteiger partial charge in [-0.1, -0.05) is 24.7 Å². The zero-order valence-electron chi connectivity index (χ0n) is 11.7. The van der Waals surface area contributed by atoms with E-state index < -0.39 is 0 Å². The summed E-state index contributed by atoms with van der Waals surface area (Å²) in [6, 6.07) is 5.30. The SMILES string of the molecule is CC(Nc1cccc(F)c1C(N)=S)C1CC2CCC1C2. The van der Waals surface area contributed by atoms with Crippen molar-refractivity contribution in [2.75, 3.05) is 5.32 Å². The number of rotatable bonds is 4. The van der Waals surface area contributed by atoms with Crippen molar-refractivity contribution in [1.29, 1.82) is 0 Å². The van der Waals surface area contributed by atoms with E-state index >= 15 is 0 Å². The molecule has 4 heteroatoms. The second kappa shape index (κ2) is 5.32. The standard InChI is InChI=1S/C16H21FN2S/c1-9(12-8-10-5-6-11(12)7-10)19-14-4-2-3-13(17)15(14)16(18)20/h2-4,9-12,19H,5-8H2,1H3,(H2,18,20). The minimum Gasteiger partial charge on any atom is -0.389 e. The van der Waals surface area contributed by atoms with E-state index in [1.165, 1.54) is 31.7 Å². The molecule has 0 radical (unpaired) electrons. The third kappa shape index (κ3) is 2.41. The predicted molar refractivity (Wildman–Crippen MR) is 84.3 cm³/mol. The minimum atomic E-state index is -0.345. The summed E-state index contributed by atoms with van der Waals surface area (Å²) in [5.41, 5.74) is 6.73. The Morgan fingerprint density at radius 3 is 2.80 bits per heavy atom. The molecular formula is C16H21FN2S. The number of hydrogen-bond donors (Lipinski definition) is 2. The van der Waals surface area contributed by atoms with Crippen LogP contribution in [0.25, 0.3) is 0 Å². The molecule has 0 amide bonds. The van der Waals surface area contributed by atoms with Crippen LogP contribution in [0.4, 0.5) is 10.1 Å². The number of thiocarbonyl (C=S) groups is 1. The lowest BCUT2D eigenvalue weighted by molar-refractivity contribution is 0.304. The Balaban J connectivity index is 1.78. The largest absolute Gasteiger partial charge is 0.389 e. The summed E-state index contributed by atoms with van der Waals surface area (Å²) in [6.45, 7) is 2.19. The summed E-state index contributed by atoms with van der Waals surface area (Å²) >= 11 is 4.98. The van der Waals surface area contributed by atoms with E-state index in [1.54, 1.807) is 6.07 Å². The molecule has 4 unspecified atom stereocenters. The normalized spacial score (nSPS) is 29.4. The van der Waals surface area contributed by atoms with Gasteiger partial charge >= 0.3 is 0 Å². The highest BCUT2D eigenvalue weighted by molar-refractivity contribution is 7.80. The molecule has 0 aliphatic heterocycles. The second-order valence-electron chi connectivity index (χ2n) is 6.30. The molecule has 2 fully saturated rings. The van der Waals surface area contributed by atoms with Gasteiger partial charge in [0.05, 0.1) is 5.56 Å². The van der Waals surface area contributed by atoms with Crippen molar-refractivity contribution in [2.45, 2.75) is 38.6 Å². The summed E-state index contributed by atoms with van der Waals surface area (Å²) in [6.07, 6.45) is 5.43. The van der Waals surface area contributed by atoms with Gasteiger partial charge in [-0.15, -0.1) is 0 Å². The van der Waals surface area contributed by atoms with Crippen LogP contribution in [0.2, 0.25) is 0 Å². The van der Waals surface area contributed by atoms with Gasteiger partial charge in [-0.05, 0) is 56.1 Å². The summed E-state index contributed by atoms with van der Waals surface area (Å²) < 4.78 is 13.9. The van der Waals surface area contributed by atoms with Crippen LogP contribution in [-0.4, -0.2) is 11.0 Å². The quantitative estimate of drug-likeness (QED) is 0.831. The maximum absolute atomic E-state index is 13.9. The van der Waals surface area contributed by atoms with Crippen molar-refractivity contribution in [2.24, 2.45) is 23.5 Å². The number of fused-ring (bicyclic) bond motifs is 2. The first-order valence-electron chi connectivity index (χ1n) is 7.41. The average Bonchev–Trinajstić information content (AvgIpc) is 3.00. The maximum Gasteiger partial charge on any atom is 0.135 e. The first kappa shape index (κ1) is 13.8. The number of nitrogens with two attached hydrogens (primary N) is 1. The number of halogens is 1. The molecule has 0 saturated heterocycles. The lowest BCUT2D eigenvalue weighted by atomic mass is 9.84. The molecule has 20 heavy (non-hydrogen) atoms. The van der Waals surface area contributed by atoms with Crippen LogP contribution in [-0.2, 0) is 0 Å². The summed E-state index contributed by atoms with van der Waals surface area (Å²) in [4.78, 5) is 0.116. The third-order valence-electron chi connectivity index (χ3n) is 5.08. The number of nitrogens with one attached hydrogen (secondary N) is 1. The van der Waals surface area contributed by atoms with Crippen LogP contribution in [0.1, 0.15) is 38.2 Å². The number of hydrogen-bond acceptors (Lipinski definition) is 2. The smallest absolute Gasteiger partial charge is 0.135 e. The van der Waals surface area contributed by atoms with E-state index in [9.17, 15) is 4.39 Å². The first-order valence-corrected chi connectivity index (χ1v) is 7.82. The van der Waals surface area contributed by atoms with Crippen molar-refractivity contribution >= 4 is 22.9 Å². The molecule has 3 rings (SSSR count). The average molecular weight is 292 g/mol. The fourth-order valence-corrected chi connectivity index (χ4v) is 4.36. The van der Waals surface area contributed by atoms with Gasteiger partial charge in [0.2, 0.25) is 0 Å². The van der Waals surface area contributed by atoms with Gasteiger partial charge in [-0.3, -0.25) is 0 Å². The fourth-order valence-electron chi connectivity index (χ4n) is 4.15. The zero-order chi connectivity index (χ0) is 14.3. The molecule has 1 aromatic rings. The van der Waals surface area contributed by atoms with Gasteiger partial charge in [-0.25, -0.2) is 4.39 Å². The third-order valence-corrected chi connectivity index (χ3v) is 5.28. The molecule has 2 aliphatic rings. The second-order valence-corrected chi connectivity index (χ2v) is 6.74. The fraction of sp³-hybridized carbons (Fsp3) is 0.562. The summed E-state index contributed by atoms with van der Waals surface area (Å²) in [5.74, 6) is 2.10. The molecular weight excluding hydrogens is 271 g/mol. The molecule has 2 aliphatic carbocycles. The van der Waals surface area contributed by atoms with Crippen LogP contribution >= 0.6 is 12.2 Å². The van der Waals surface area contributed by atoms with Crippen molar-refractivity contribution in [3.05, 3.63) is 29.6 Å². The Kier molecular flexibility index (Phi) is 3.67. The van der Waals surface area contributed by atoms with Gasteiger partial charge in [-0.2, -0.15) is 0 Å². The molecule has 2 nitrogen and oxygen atoms in total. The highest BCUT2D eigenvalue weighted by Gasteiger charge is 2.41. The minimum absolute atomic E-state index is 0.116. The highest BCUT2D eigenvalue weighted by Crippen LogP contribution is 2.49. The Labute approximate surface area is 124 Å². The molecule has 2 bridgehead atoms. The lowest BCUT2D eigenvalue weighted by Crippen LogP contribution is -2.31. The molecule has 108 valence electrons. The van der Waals surface area contributed by atoms with Crippen LogP contribution < -0.4 is 11.1 Å². The lowest BCUT2D eigenvalue weighted by Gasteiger charge is -2.30. The highest BCUT2D eigenvalue weighted by atomic mass is 32.1. The summed E-state index contributed by atoms with van der Waals surface area (Å²) in [5, 5.41) is 3.45. The van der Waals surface area contributed by atoms with Crippen LogP contribution in [0.15, 0.2) is 18.2 Å². The topological polar surface area (TPSA) is 38.0 Å². The monoisotopic (exact) mass is 292 g/mol. The molecule has 2 saturated carbocycles. The Bertz CT molecular complexity index is 531. The van der Waals surface area contributed by atoms with Crippen molar-refractivity contribution in [3.8, 4) is 0 Å². The van der Waals surface area contributed by atoms with Crippen molar-refractivity contribution in [1.82, 2.24) is 0 Å². The molecule has 3 N–H and O–H groups in total. The van der Waals surface area contributed by atoms with Crippen LogP contribution in [0.5, 0.6) is 0 Å². The molecule has 4 atom stereocenters. The van der Waals surface area contributed by atoms with Gasteiger partial charge < -0.3 is 11.1 Å². The number of anilines is 1. The van der Waals surface area contributed by atoms with Crippen LogP contribution in [0.3, 0.4) is 0 Å². The Hall–Kier alpha value is -1.16. The predicted octanol–water partition coefficient (Wildman–Crippen LogP) is 3.70. The van der Waals surface area contributed by atoms with E-state index in [-0.39, 0.29) is 10.8 Å². The molecule has 0 heterocycles. The van der Waals surface area contributed by atoms with Gasteiger partial charge in [0.1, 0.15) is 10.8 Å². The first-order chi connectivity index (χ1) is 9.56. The Morgan fingerprint density at radius 2 is 2.20 bits per heavy atom. The van der Waals surface area contributed by atoms with Gasteiger partial charge in [0.15, 0.2) is 0 Å². The summed E-state index contributed by atoms with van der Waals surface area (Å²) in [7, 11) is 0. The molecule has 1 aromatic carbocycles. The van der Waals surface area contributed by atoms with Crippen molar-refractivity contribution in [3.63, 3.8) is 0 Å². The van der Waals surface area contributed by atoms with Crippen molar-refractivity contribution < 1.29 is 4.39 Å². The van der Waals surface area contributed by atoms with Crippen LogP contribution in [0, 0.1) is 23.6 Å². The molecule has 0 aromatic heterocycles. The van der Waals surface area contributed by atoms with E-state index in [0.29, 0.717) is 17.5 Å².